The third-order valence-corrected chi connectivity index (χ3v) is 9.55. The van der Waals surface area contributed by atoms with E-state index < -0.39 is 32.5 Å². The van der Waals surface area contributed by atoms with Gasteiger partial charge in [-0.25, -0.2) is 0 Å². The molecule has 0 rings (SSSR count). The Labute approximate surface area is 336 Å². The molecule has 0 spiro atoms. The van der Waals surface area contributed by atoms with Gasteiger partial charge in [-0.15, -0.1) is 0 Å². The fourth-order valence-electron chi connectivity index (χ4n) is 5.27. The van der Waals surface area contributed by atoms with E-state index in [1.54, 1.807) is 0 Å². The van der Waals surface area contributed by atoms with Gasteiger partial charge in [0.2, 0.25) is 0 Å². The second-order valence-corrected chi connectivity index (χ2v) is 16.5. The maximum atomic E-state index is 12.6. The van der Waals surface area contributed by atoms with Gasteiger partial charge in [0, 0.05) is 12.8 Å². The second-order valence-electron chi connectivity index (χ2n) is 15.1. The fraction of sp³-hybridized carbons (Fsp3) is 0.689. The molecular formula is C45H78NO8P. The first-order valence-corrected chi connectivity index (χ1v) is 22.7. The van der Waals surface area contributed by atoms with E-state index >= 15 is 0 Å². The van der Waals surface area contributed by atoms with E-state index in [9.17, 15) is 19.0 Å². The average Bonchev–Trinajstić information content (AvgIpc) is 3.13. The first kappa shape index (κ1) is 52.5. The van der Waals surface area contributed by atoms with Crippen molar-refractivity contribution in [3.05, 3.63) is 72.9 Å². The molecule has 55 heavy (non-hydrogen) atoms. The van der Waals surface area contributed by atoms with Gasteiger partial charge in [0.15, 0.2) is 6.10 Å². The Balaban J connectivity index is 4.47. The summed E-state index contributed by atoms with van der Waals surface area (Å²) >= 11 is 0. The van der Waals surface area contributed by atoms with Crippen LogP contribution in [-0.2, 0) is 32.7 Å². The van der Waals surface area contributed by atoms with Crippen LogP contribution in [0, 0.1) is 0 Å². The molecule has 10 heteroatoms. The number of hydrogen-bond acceptors (Lipinski definition) is 8. The van der Waals surface area contributed by atoms with Crippen LogP contribution in [0.1, 0.15) is 149 Å². The predicted molar refractivity (Wildman–Crippen MR) is 226 cm³/mol. The van der Waals surface area contributed by atoms with Gasteiger partial charge in [0.25, 0.3) is 7.82 Å². The van der Waals surface area contributed by atoms with Crippen molar-refractivity contribution in [1.82, 2.24) is 0 Å². The normalized spacial score (nSPS) is 14.4. The molecule has 0 amide bonds. The summed E-state index contributed by atoms with van der Waals surface area (Å²) in [4.78, 5) is 37.4. The Hall–Kier alpha value is -2.55. The quantitative estimate of drug-likeness (QED) is 0.0153. The first-order valence-electron chi connectivity index (χ1n) is 21.2. The molecule has 0 bridgehead atoms. The lowest BCUT2D eigenvalue weighted by Gasteiger charge is -2.28. The summed E-state index contributed by atoms with van der Waals surface area (Å²) in [7, 11) is 1.10. The van der Waals surface area contributed by atoms with Crippen molar-refractivity contribution < 1.29 is 42.1 Å². The Morgan fingerprint density at radius 3 is 1.64 bits per heavy atom. The highest BCUT2D eigenvalue weighted by atomic mass is 31.2. The molecule has 0 N–H and O–H groups in total. The molecule has 0 aromatic rings. The molecule has 316 valence electrons. The highest BCUT2D eigenvalue weighted by molar-refractivity contribution is 7.45. The lowest BCUT2D eigenvalue weighted by Crippen LogP contribution is -2.37. The van der Waals surface area contributed by atoms with Gasteiger partial charge in [0.05, 0.1) is 27.7 Å². The Morgan fingerprint density at radius 2 is 1.07 bits per heavy atom. The molecule has 0 aromatic carbocycles. The average molecular weight is 792 g/mol. The molecule has 0 fully saturated rings. The second kappa shape index (κ2) is 37.1. The minimum Gasteiger partial charge on any atom is -0.756 e. The van der Waals surface area contributed by atoms with Crippen molar-refractivity contribution >= 4 is 19.8 Å². The molecule has 0 aliphatic heterocycles. The van der Waals surface area contributed by atoms with Crippen molar-refractivity contribution in [3.8, 4) is 0 Å². The number of phosphoric acid groups is 1. The number of likely N-dealkylation sites (N-methyl/N-ethyl adjacent to an activating group) is 1. The topological polar surface area (TPSA) is 111 Å². The number of quaternary nitrogens is 1. The zero-order chi connectivity index (χ0) is 40.7. The molecule has 0 saturated heterocycles. The van der Waals surface area contributed by atoms with Gasteiger partial charge < -0.3 is 27.9 Å². The van der Waals surface area contributed by atoms with Crippen molar-refractivity contribution in [2.24, 2.45) is 0 Å². The van der Waals surface area contributed by atoms with E-state index in [1.165, 1.54) is 64.2 Å². The SMILES string of the molecule is CC/C=C/C=C/C=C/C=C/C=C/CCCC(=O)OC(COC(=O)CCCCCCC/C=C/CCCCCCCCCCC)COP(=O)([O-])OCC[N+](C)(C)C. The molecule has 0 saturated carbocycles. The Bertz CT molecular complexity index is 1170. The van der Waals surface area contributed by atoms with Crippen LogP contribution >= 0.6 is 7.82 Å². The lowest BCUT2D eigenvalue weighted by atomic mass is 10.1. The number of esters is 2. The standard InChI is InChI=1S/C45H78NO8P/c1-6-8-10-12-14-16-18-20-21-22-23-24-26-27-29-31-33-35-37-44(47)51-41-43(42-53-55(49,50)52-40-39-46(3,4)5)54-45(48)38-36-34-32-30-28-25-19-17-15-13-11-9-7-2/h9,11,13,15,17,19,23-25,28,30,32,43H,6-8,10,12,14,16,18,20-22,26-27,29,31,33-42H2,1-5H3/b11-9+,15-13+,19-17+,24-23+,28-25+,32-30+. The largest absolute Gasteiger partial charge is 0.756 e. The number of phosphoric ester groups is 1. The van der Waals surface area contributed by atoms with Gasteiger partial charge in [-0.1, -0.05) is 157 Å². The minimum atomic E-state index is -4.65. The summed E-state index contributed by atoms with van der Waals surface area (Å²) in [5.74, 6) is -0.937. The highest BCUT2D eigenvalue weighted by Gasteiger charge is 2.21. The minimum absolute atomic E-state index is 0.0491. The van der Waals surface area contributed by atoms with Crippen LogP contribution in [-0.4, -0.2) is 70.0 Å². The number of ether oxygens (including phenoxy) is 2. The molecule has 0 aliphatic rings. The number of unbranched alkanes of at least 4 members (excludes halogenated alkanes) is 15. The van der Waals surface area contributed by atoms with Crippen molar-refractivity contribution in [1.29, 1.82) is 0 Å². The molecule has 9 nitrogen and oxygen atoms in total. The van der Waals surface area contributed by atoms with Crippen LogP contribution < -0.4 is 4.89 Å². The molecule has 0 aliphatic carbocycles. The fourth-order valence-corrected chi connectivity index (χ4v) is 5.99. The van der Waals surface area contributed by atoms with Gasteiger partial charge in [-0.3, -0.25) is 14.2 Å². The summed E-state index contributed by atoms with van der Waals surface area (Å²) in [5.41, 5.74) is 0. The van der Waals surface area contributed by atoms with E-state index in [1.807, 2.05) is 75.8 Å². The Kier molecular flexibility index (Phi) is 35.3. The van der Waals surface area contributed by atoms with Crippen LogP contribution in [0.3, 0.4) is 0 Å². The van der Waals surface area contributed by atoms with E-state index in [4.69, 9.17) is 18.5 Å². The molecule has 0 radical (unpaired) electrons. The van der Waals surface area contributed by atoms with Crippen LogP contribution in [0.25, 0.3) is 0 Å². The van der Waals surface area contributed by atoms with Crippen LogP contribution in [0.5, 0.6) is 0 Å². The van der Waals surface area contributed by atoms with Crippen LogP contribution in [0.15, 0.2) is 72.9 Å². The molecule has 2 unspecified atom stereocenters. The van der Waals surface area contributed by atoms with Crippen molar-refractivity contribution in [3.63, 3.8) is 0 Å². The van der Waals surface area contributed by atoms with Gasteiger partial charge in [0.1, 0.15) is 19.8 Å². The molecular weight excluding hydrogens is 713 g/mol. The van der Waals surface area contributed by atoms with E-state index in [2.05, 4.69) is 32.1 Å². The Morgan fingerprint density at radius 1 is 0.582 bits per heavy atom. The highest BCUT2D eigenvalue weighted by Crippen LogP contribution is 2.38. The number of carbonyl (C=O) groups is 2. The van der Waals surface area contributed by atoms with Gasteiger partial charge in [-0.05, 0) is 51.4 Å². The van der Waals surface area contributed by atoms with Gasteiger partial charge in [-0.2, -0.15) is 0 Å². The van der Waals surface area contributed by atoms with Crippen molar-refractivity contribution in [2.45, 2.75) is 155 Å². The summed E-state index contributed by atoms with van der Waals surface area (Å²) in [6.45, 7) is 3.96. The predicted octanol–water partition coefficient (Wildman–Crippen LogP) is 11.2. The van der Waals surface area contributed by atoms with E-state index in [0.717, 1.165) is 38.5 Å². The molecule has 0 aromatic heterocycles. The number of nitrogens with zero attached hydrogens (tertiary/aromatic N) is 1. The summed E-state index contributed by atoms with van der Waals surface area (Å²) in [6.07, 6.45) is 45.2. The zero-order valence-electron chi connectivity index (χ0n) is 35.3. The summed E-state index contributed by atoms with van der Waals surface area (Å²) in [5, 5.41) is 0. The zero-order valence-corrected chi connectivity index (χ0v) is 36.2. The van der Waals surface area contributed by atoms with Crippen LogP contribution in [0.4, 0.5) is 0 Å². The summed E-state index contributed by atoms with van der Waals surface area (Å²) < 4.78 is 33.7. The number of rotatable bonds is 37. The van der Waals surface area contributed by atoms with Gasteiger partial charge >= 0.3 is 11.9 Å². The first-order chi connectivity index (χ1) is 26.5. The third kappa shape index (κ3) is 40.9. The molecule has 0 heterocycles. The number of allylic oxidation sites excluding steroid dienone is 12. The van der Waals surface area contributed by atoms with Crippen LogP contribution in [0.2, 0.25) is 0 Å². The monoisotopic (exact) mass is 792 g/mol. The summed E-state index contributed by atoms with van der Waals surface area (Å²) in [6, 6.07) is 0. The number of carbonyl (C=O) groups excluding carboxylic acids is 2. The van der Waals surface area contributed by atoms with E-state index in [0.29, 0.717) is 30.3 Å². The third-order valence-electron chi connectivity index (χ3n) is 8.59. The lowest BCUT2D eigenvalue weighted by molar-refractivity contribution is -0.870. The smallest absolute Gasteiger partial charge is 0.306 e. The maximum Gasteiger partial charge on any atom is 0.306 e. The number of hydrogen-bond donors (Lipinski definition) is 0. The molecule has 2 atom stereocenters. The van der Waals surface area contributed by atoms with E-state index in [-0.39, 0.29) is 26.1 Å². The van der Waals surface area contributed by atoms with Crippen molar-refractivity contribution in [2.75, 3.05) is 47.5 Å². The maximum absolute atomic E-state index is 12.6.